The maximum atomic E-state index is 13.4. The molecule has 41 heavy (non-hydrogen) atoms. The molecule has 0 bridgehead atoms. The number of carbonyl (C=O) groups is 1. The number of hydrogen-bond acceptors (Lipinski definition) is 8. The lowest BCUT2D eigenvalue weighted by Gasteiger charge is -2.34. The molecule has 2 heterocycles. The maximum Gasteiger partial charge on any atom is 0.269 e. The van der Waals surface area contributed by atoms with Gasteiger partial charge in [0.2, 0.25) is 0 Å². The van der Waals surface area contributed by atoms with Crippen LogP contribution >= 0.6 is 0 Å². The van der Waals surface area contributed by atoms with Gasteiger partial charge in [-0.15, -0.1) is 5.10 Å². The van der Waals surface area contributed by atoms with Crippen molar-refractivity contribution < 1.29 is 14.5 Å². The second kappa shape index (κ2) is 10.5. The number of anilines is 2. The summed E-state index contributed by atoms with van der Waals surface area (Å²) in [5, 5.41) is 26.3. The van der Waals surface area contributed by atoms with Crippen molar-refractivity contribution in [3.05, 3.63) is 117 Å². The van der Waals surface area contributed by atoms with Gasteiger partial charge < -0.3 is 15.4 Å². The largest absolute Gasteiger partial charge is 0.487 e. The molecule has 4 aromatic rings. The maximum absolute atomic E-state index is 13.4. The molecule has 10 heteroatoms. The summed E-state index contributed by atoms with van der Waals surface area (Å²) in [5.41, 5.74) is 6.16. The summed E-state index contributed by atoms with van der Waals surface area (Å²) in [4.78, 5) is 23.8. The first-order chi connectivity index (χ1) is 19.7. The van der Waals surface area contributed by atoms with Crippen LogP contribution in [0, 0.1) is 15.5 Å². The van der Waals surface area contributed by atoms with Gasteiger partial charge in [-0.2, -0.15) is 0 Å². The molecular weight excluding hydrogens is 520 g/mol. The number of para-hydroxylation sites is 2. The first-order valence-corrected chi connectivity index (χ1v) is 13.5. The molecule has 0 fully saturated rings. The molecule has 1 aromatic heterocycles. The second-order valence-electron chi connectivity index (χ2n) is 11.3. The van der Waals surface area contributed by atoms with E-state index in [1.165, 1.54) is 12.1 Å². The minimum absolute atomic E-state index is 0.0511. The highest BCUT2D eigenvalue weighted by molar-refractivity contribution is 6.01. The van der Waals surface area contributed by atoms with E-state index in [0.717, 1.165) is 40.2 Å². The standard InChI is InChI=1S/C31H30N6O4/c1-31(2)15-27-29(28(38)16-31)30(33-26-6-4-3-5-25(26)32-27)21-9-13-24(14-10-21)41-19-22-18-36(35-34-22)17-20-7-11-23(12-8-20)37(39)40/h3-14,18,30,32-33H,15-17,19H2,1-2H3. The van der Waals surface area contributed by atoms with Crippen molar-refractivity contribution in [1.29, 1.82) is 0 Å². The molecule has 3 aromatic carbocycles. The van der Waals surface area contributed by atoms with Crippen LogP contribution in [-0.2, 0) is 17.9 Å². The molecule has 0 saturated carbocycles. The monoisotopic (exact) mass is 550 g/mol. The number of carbonyl (C=O) groups excluding carboxylic acids is 1. The molecule has 1 aliphatic carbocycles. The Morgan fingerprint density at radius 3 is 2.49 bits per heavy atom. The number of fused-ring (bicyclic) bond motifs is 1. The van der Waals surface area contributed by atoms with E-state index in [2.05, 4.69) is 34.8 Å². The van der Waals surface area contributed by atoms with Crippen LogP contribution in [0.3, 0.4) is 0 Å². The van der Waals surface area contributed by atoms with Gasteiger partial charge in [-0.05, 0) is 47.2 Å². The molecule has 0 amide bonds. The van der Waals surface area contributed by atoms with Gasteiger partial charge in [0.1, 0.15) is 18.1 Å². The number of ketones is 1. The van der Waals surface area contributed by atoms with E-state index in [4.69, 9.17) is 4.74 Å². The van der Waals surface area contributed by atoms with E-state index in [1.54, 1.807) is 23.0 Å². The molecule has 10 nitrogen and oxygen atoms in total. The Bertz CT molecular complexity index is 1640. The Labute approximate surface area is 237 Å². The Kier molecular flexibility index (Phi) is 6.74. The summed E-state index contributed by atoms with van der Waals surface area (Å²) in [6, 6.07) is 21.9. The first-order valence-electron chi connectivity index (χ1n) is 13.5. The third-order valence-corrected chi connectivity index (χ3v) is 7.40. The topological polar surface area (TPSA) is 124 Å². The zero-order valence-electron chi connectivity index (χ0n) is 22.8. The fraction of sp³-hybridized carbons (Fsp3) is 0.258. The molecule has 208 valence electrons. The minimum atomic E-state index is -0.421. The average Bonchev–Trinajstić information content (AvgIpc) is 3.31. The number of hydrogen-bond donors (Lipinski definition) is 2. The summed E-state index contributed by atoms with van der Waals surface area (Å²) in [6.07, 6.45) is 3.10. The van der Waals surface area contributed by atoms with Gasteiger partial charge in [-0.1, -0.05) is 55.5 Å². The Morgan fingerprint density at radius 2 is 1.76 bits per heavy atom. The van der Waals surface area contributed by atoms with Gasteiger partial charge in [-0.3, -0.25) is 14.9 Å². The number of non-ortho nitro benzene ring substituents is 1. The molecule has 1 atom stereocenters. The summed E-state index contributed by atoms with van der Waals surface area (Å²) in [6.45, 7) is 4.95. The van der Waals surface area contributed by atoms with Crippen LogP contribution in [0.1, 0.15) is 49.6 Å². The van der Waals surface area contributed by atoms with Crippen molar-refractivity contribution in [2.24, 2.45) is 5.41 Å². The molecular formula is C31H30N6O4. The van der Waals surface area contributed by atoms with E-state index < -0.39 is 4.92 Å². The summed E-state index contributed by atoms with van der Waals surface area (Å²) in [5.74, 6) is 0.835. The van der Waals surface area contributed by atoms with E-state index in [-0.39, 0.29) is 29.5 Å². The van der Waals surface area contributed by atoms with Gasteiger partial charge in [0.25, 0.3) is 5.69 Å². The Hall–Kier alpha value is -4.99. The number of nitrogens with one attached hydrogen (secondary N) is 2. The zero-order chi connectivity index (χ0) is 28.6. The van der Waals surface area contributed by atoms with Crippen molar-refractivity contribution in [2.45, 2.75) is 45.9 Å². The minimum Gasteiger partial charge on any atom is -0.487 e. The number of aromatic nitrogens is 3. The second-order valence-corrected chi connectivity index (χ2v) is 11.3. The van der Waals surface area contributed by atoms with E-state index in [0.29, 0.717) is 24.4 Å². The fourth-order valence-electron chi connectivity index (χ4n) is 5.45. The number of nitrogens with zero attached hydrogens (tertiary/aromatic N) is 4. The van der Waals surface area contributed by atoms with Crippen LogP contribution in [0.5, 0.6) is 5.75 Å². The zero-order valence-corrected chi connectivity index (χ0v) is 22.8. The molecule has 6 rings (SSSR count). The van der Waals surface area contributed by atoms with Crippen LogP contribution in [-0.4, -0.2) is 25.7 Å². The van der Waals surface area contributed by atoms with Crippen LogP contribution in [0.15, 0.2) is 90.3 Å². The predicted octanol–water partition coefficient (Wildman–Crippen LogP) is 6.04. The quantitative estimate of drug-likeness (QED) is 0.211. The van der Waals surface area contributed by atoms with Gasteiger partial charge in [0.15, 0.2) is 5.78 Å². The highest BCUT2D eigenvalue weighted by atomic mass is 16.6. The molecule has 1 unspecified atom stereocenters. The van der Waals surface area contributed by atoms with Crippen molar-refractivity contribution in [3.63, 3.8) is 0 Å². The molecule has 0 saturated heterocycles. The highest BCUT2D eigenvalue weighted by Crippen LogP contribution is 2.45. The van der Waals surface area contributed by atoms with Crippen LogP contribution < -0.4 is 15.4 Å². The number of nitro groups is 1. The lowest BCUT2D eigenvalue weighted by Crippen LogP contribution is -2.31. The van der Waals surface area contributed by atoms with Crippen molar-refractivity contribution in [3.8, 4) is 5.75 Å². The third-order valence-electron chi connectivity index (χ3n) is 7.40. The van der Waals surface area contributed by atoms with Gasteiger partial charge >= 0.3 is 0 Å². The van der Waals surface area contributed by atoms with Crippen LogP contribution in [0.4, 0.5) is 17.1 Å². The van der Waals surface area contributed by atoms with Gasteiger partial charge in [-0.25, -0.2) is 4.68 Å². The van der Waals surface area contributed by atoms with Crippen LogP contribution in [0.25, 0.3) is 0 Å². The highest BCUT2D eigenvalue weighted by Gasteiger charge is 2.38. The predicted molar refractivity (Wildman–Crippen MR) is 154 cm³/mol. The number of benzene rings is 3. The van der Waals surface area contributed by atoms with E-state index in [1.807, 2.05) is 48.5 Å². The number of Topliss-reactive ketones (excluding diaryl/α,β-unsaturated/α-hetero) is 1. The third kappa shape index (κ3) is 5.67. The fourth-order valence-corrected chi connectivity index (χ4v) is 5.45. The summed E-state index contributed by atoms with van der Waals surface area (Å²) in [7, 11) is 0. The van der Waals surface area contributed by atoms with Crippen molar-refractivity contribution in [1.82, 2.24) is 15.0 Å². The SMILES string of the molecule is CC1(C)CC(=O)C2=C(C1)Nc1ccccc1NC2c1ccc(OCc2cn(Cc3ccc([N+](=O)[O-])cc3)nn2)cc1. The van der Waals surface area contributed by atoms with Gasteiger partial charge in [0, 0.05) is 29.8 Å². The molecule has 0 spiro atoms. The number of allylic oxidation sites excluding steroid dienone is 1. The van der Waals surface area contributed by atoms with Crippen molar-refractivity contribution >= 4 is 22.8 Å². The smallest absolute Gasteiger partial charge is 0.269 e. The Balaban J connectivity index is 1.15. The lowest BCUT2D eigenvalue weighted by atomic mass is 9.73. The van der Waals surface area contributed by atoms with E-state index in [9.17, 15) is 14.9 Å². The molecule has 2 aliphatic rings. The van der Waals surface area contributed by atoms with Crippen molar-refractivity contribution in [2.75, 3.05) is 10.6 Å². The summed E-state index contributed by atoms with van der Waals surface area (Å²) < 4.78 is 7.64. The lowest BCUT2D eigenvalue weighted by molar-refractivity contribution is -0.384. The molecule has 2 N–H and O–H groups in total. The molecule has 1 aliphatic heterocycles. The van der Waals surface area contributed by atoms with Crippen LogP contribution in [0.2, 0.25) is 0 Å². The number of nitro benzene ring substituents is 1. The summed E-state index contributed by atoms with van der Waals surface area (Å²) >= 11 is 0. The van der Waals surface area contributed by atoms with E-state index >= 15 is 0 Å². The Morgan fingerprint density at radius 1 is 1.02 bits per heavy atom. The number of ether oxygens (including phenoxy) is 1. The first kappa shape index (κ1) is 26.2. The number of rotatable bonds is 7. The average molecular weight is 551 g/mol. The normalized spacial score (nSPS) is 17.5. The molecule has 0 radical (unpaired) electrons. The van der Waals surface area contributed by atoms with Gasteiger partial charge in [0.05, 0.1) is 35.1 Å².